The highest BCUT2D eigenvalue weighted by Gasteiger charge is 2.46. The monoisotopic (exact) mass is 277 g/mol. The normalized spacial score (nSPS) is 12.7. The first-order valence-electron chi connectivity index (χ1n) is 5.52. The largest absolute Gasteiger partial charge is 0.497 e. The van der Waals surface area contributed by atoms with Gasteiger partial charge in [-0.2, -0.15) is 13.2 Å². The molecular weight excluding hydrogens is 263 g/mol. The Morgan fingerprint density at radius 1 is 1.32 bits per heavy atom. The molecule has 0 aliphatic heterocycles. The van der Waals surface area contributed by atoms with Crippen LogP contribution < -0.4 is 10.1 Å². The van der Waals surface area contributed by atoms with Crippen LogP contribution in [0, 0.1) is 0 Å². The van der Waals surface area contributed by atoms with Crippen LogP contribution in [0.25, 0.3) is 0 Å². The van der Waals surface area contributed by atoms with Crippen molar-refractivity contribution in [3.63, 3.8) is 0 Å². The number of halogens is 3. The third-order valence-electron chi connectivity index (χ3n) is 2.25. The van der Waals surface area contributed by atoms with Crippen molar-refractivity contribution in [1.29, 1.82) is 0 Å². The fourth-order valence-corrected chi connectivity index (χ4v) is 1.35. The van der Waals surface area contributed by atoms with Crippen molar-refractivity contribution < 1.29 is 27.4 Å². The van der Waals surface area contributed by atoms with Gasteiger partial charge in [-0.05, 0) is 31.2 Å². The molecular formula is C12H14F3NO3. The Labute approximate surface area is 108 Å². The lowest BCUT2D eigenvalue weighted by Gasteiger charge is -2.20. The van der Waals surface area contributed by atoms with Crippen molar-refractivity contribution in [3.05, 3.63) is 24.3 Å². The summed E-state index contributed by atoms with van der Waals surface area (Å²) in [4.78, 5) is 11.3. The van der Waals surface area contributed by atoms with Crippen LogP contribution in [0.1, 0.15) is 6.92 Å². The Morgan fingerprint density at radius 2 is 1.89 bits per heavy atom. The van der Waals surface area contributed by atoms with Gasteiger partial charge in [0.15, 0.2) is 0 Å². The van der Waals surface area contributed by atoms with E-state index in [0.717, 1.165) is 0 Å². The number of hydrogen-bond acceptors (Lipinski definition) is 4. The van der Waals surface area contributed by atoms with E-state index in [1.54, 1.807) is 0 Å². The van der Waals surface area contributed by atoms with E-state index in [1.807, 2.05) is 0 Å². The lowest BCUT2D eigenvalue weighted by atomic mass is 10.2. The molecule has 4 nitrogen and oxygen atoms in total. The second-order valence-corrected chi connectivity index (χ2v) is 3.60. The van der Waals surface area contributed by atoms with Crippen molar-refractivity contribution in [2.24, 2.45) is 0 Å². The molecule has 106 valence electrons. The van der Waals surface area contributed by atoms with E-state index in [-0.39, 0.29) is 12.3 Å². The van der Waals surface area contributed by atoms with Crippen LogP contribution in [-0.4, -0.2) is 31.9 Å². The molecule has 19 heavy (non-hydrogen) atoms. The van der Waals surface area contributed by atoms with Gasteiger partial charge in [-0.3, -0.25) is 0 Å². The van der Waals surface area contributed by atoms with Gasteiger partial charge in [-0.1, -0.05) is 0 Å². The minimum atomic E-state index is -4.73. The number of ether oxygens (including phenoxy) is 2. The summed E-state index contributed by atoms with van der Waals surface area (Å²) < 4.78 is 47.5. The molecule has 1 rings (SSSR count). The van der Waals surface area contributed by atoms with Crippen LogP contribution in [0.4, 0.5) is 18.9 Å². The Balaban J connectivity index is 2.84. The summed E-state index contributed by atoms with van der Waals surface area (Å²) in [5, 5.41) is 2.10. The van der Waals surface area contributed by atoms with Crippen LogP contribution in [0.2, 0.25) is 0 Å². The zero-order valence-electron chi connectivity index (χ0n) is 10.5. The zero-order chi connectivity index (χ0) is 14.5. The smallest absolute Gasteiger partial charge is 0.419 e. The Hall–Kier alpha value is -1.92. The van der Waals surface area contributed by atoms with Gasteiger partial charge in [-0.15, -0.1) is 0 Å². The lowest BCUT2D eigenvalue weighted by Crippen LogP contribution is -2.44. The highest BCUT2D eigenvalue weighted by atomic mass is 19.4. The fraction of sp³-hybridized carbons (Fsp3) is 0.417. The third kappa shape index (κ3) is 4.35. The summed E-state index contributed by atoms with van der Waals surface area (Å²) in [6.45, 7) is 1.33. The topological polar surface area (TPSA) is 47.6 Å². The van der Waals surface area contributed by atoms with E-state index in [4.69, 9.17) is 4.74 Å². The summed E-state index contributed by atoms with van der Waals surface area (Å²) >= 11 is 0. The van der Waals surface area contributed by atoms with E-state index in [2.05, 4.69) is 10.1 Å². The van der Waals surface area contributed by atoms with Crippen molar-refractivity contribution in [3.8, 4) is 5.75 Å². The Bertz CT molecular complexity index is 417. The average Bonchev–Trinajstić information content (AvgIpc) is 2.35. The number of rotatable bonds is 5. The van der Waals surface area contributed by atoms with Crippen LogP contribution >= 0.6 is 0 Å². The van der Waals surface area contributed by atoms with E-state index in [9.17, 15) is 18.0 Å². The van der Waals surface area contributed by atoms with Gasteiger partial charge < -0.3 is 14.8 Å². The Morgan fingerprint density at radius 3 is 2.32 bits per heavy atom. The summed E-state index contributed by atoms with van der Waals surface area (Å²) in [6, 6.07) is 3.36. The van der Waals surface area contributed by atoms with Crippen molar-refractivity contribution in [2.75, 3.05) is 19.0 Å². The molecule has 0 saturated carbocycles. The number of esters is 1. The molecule has 0 radical (unpaired) electrons. The molecule has 1 aromatic carbocycles. The number of carbonyl (C=O) groups excluding carboxylic acids is 1. The molecule has 0 aromatic heterocycles. The van der Waals surface area contributed by atoms with Gasteiger partial charge in [-0.25, -0.2) is 4.79 Å². The lowest BCUT2D eigenvalue weighted by molar-refractivity contribution is -0.175. The number of methoxy groups -OCH3 is 1. The van der Waals surface area contributed by atoms with Gasteiger partial charge in [0, 0.05) is 5.69 Å². The first kappa shape index (κ1) is 15.1. The second-order valence-electron chi connectivity index (χ2n) is 3.60. The van der Waals surface area contributed by atoms with E-state index in [1.165, 1.54) is 38.3 Å². The molecule has 1 N–H and O–H groups in total. The molecule has 0 spiro atoms. The maximum absolute atomic E-state index is 12.7. The standard InChI is InChI=1S/C12H14F3NO3/c1-3-19-11(17)10(12(13,14)15)16-8-4-6-9(18-2)7-5-8/h4-7,10,16H,3H2,1-2H3/t10-/m1/s1. The van der Waals surface area contributed by atoms with Crippen molar-refractivity contribution >= 4 is 11.7 Å². The minimum absolute atomic E-state index is 0.115. The highest BCUT2D eigenvalue weighted by molar-refractivity contribution is 5.80. The number of benzene rings is 1. The molecule has 7 heteroatoms. The predicted molar refractivity (Wildman–Crippen MR) is 63.1 cm³/mol. The average molecular weight is 277 g/mol. The first-order valence-corrected chi connectivity index (χ1v) is 5.52. The highest BCUT2D eigenvalue weighted by Crippen LogP contribution is 2.25. The molecule has 0 aliphatic rings. The predicted octanol–water partition coefficient (Wildman–Crippen LogP) is 2.60. The summed E-state index contributed by atoms with van der Waals surface area (Å²) in [6.07, 6.45) is -4.73. The molecule has 0 unspecified atom stereocenters. The van der Waals surface area contributed by atoms with E-state index < -0.39 is 18.2 Å². The number of carbonyl (C=O) groups is 1. The van der Waals surface area contributed by atoms with Crippen LogP contribution in [0.3, 0.4) is 0 Å². The molecule has 0 amide bonds. The second kappa shape index (κ2) is 6.31. The molecule has 1 atom stereocenters. The fourth-order valence-electron chi connectivity index (χ4n) is 1.35. The van der Waals surface area contributed by atoms with Crippen molar-refractivity contribution in [1.82, 2.24) is 0 Å². The van der Waals surface area contributed by atoms with Gasteiger partial charge in [0.05, 0.1) is 13.7 Å². The summed E-state index contributed by atoms with van der Waals surface area (Å²) in [5.74, 6) is -0.851. The molecule has 0 bridgehead atoms. The number of nitrogens with one attached hydrogen (secondary N) is 1. The third-order valence-corrected chi connectivity index (χ3v) is 2.25. The maximum atomic E-state index is 12.7. The number of hydrogen-bond donors (Lipinski definition) is 1. The van der Waals surface area contributed by atoms with Crippen LogP contribution in [0.15, 0.2) is 24.3 Å². The number of anilines is 1. The SMILES string of the molecule is CCOC(=O)[C@@H](Nc1ccc(OC)cc1)C(F)(F)F. The number of alkyl halides is 3. The van der Waals surface area contributed by atoms with Crippen molar-refractivity contribution in [2.45, 2.75) is 19.1 Å². The molecule has 0 aliphatic carbocycles. The summed E-state index contributed by atoms with van der Waals surface area (Å²) in [7, 11) is 1.44. The molecule has 0 saturated heterocycles. The van der Waals surface area contributed by atoms with Crippen LogP contribution in [-0.2, 0) is 9.53 Å². The van der Waals surface area contributed by atoms with Gasteiger partial charge in [0.1, 0.15) is 5.75 Å². The van der Waals surface area contributed by atoms with Crippen LogP contribution in [0.5, 0.6) is 5.75 Å². The molecule has 1 aromatic rings. The quantitative estimate of drug-likeness (QED) is 0.840. The van der Waals surface area contributed by atoms with E-state index >= 15 is 0 Å². The minimum Gasteiger partial charge on any atom is -0.497 e. The zero-order valence-corrected chi connectivity index (χ0v) is 10.5. The first-order chi connectivity index (χ1) is 8.88. The molecule has 0 fully saturated rings. The van der Waals surface area contributed by atoms with Gasteiger partial charge in [0.25, 0.3) is 0 Å². The van der Waals surface area contributed by atoms with Gasteiger partial charge in [0.2, 0.25) is 6.04 Å². The summed E-state index contributed by atoms with van der Waals surface area (Å²) in [5.41, 5.74) is 0.149. The van der Waals surface area contributed by atoms with E-state index in [0.29, 0.717) is 5.75 Å². The maximum Gasteiger partial charge on any atom is 0.419 e. The molecule has 0 heterocycles. The van der Waals surface area contributed by atoms with Gasteiger partial charge >= 0.3 is 12.1 Å². The Kier molecular flexibility index (Phi) is 5.02.